The van der Waals surface area contributed by atoms with E-state index in [1.165, 1.54) is 0 Å². The van der Waals surface area contributed by atoms with Crippen LogP contribution in [0.1, 0.15) is 22.1 Å². The molecule has 1 rings (SSSR count). The molecule has 0 aliphatic heterocycles. The largest absolute Gasteiger partial charge is 0.325 e. The SMILES string of the molecule is Cc1cc(C(C)I)[nH]c(=O)c1. The Bertz CT molecular complexity index is 303. The van der Waals surface area contributed by atoms with Crippen molar-refractivity contribution in [3.05, 3.63) is 33.7 Å². The molecule has 11 heavy (non-hydrogen) atoms. The molecule has 1 aromatic heterocycles. The summed E-state index contributed by atoms with van der Waals surface area (Å²) < 4.78 is 0.361. The van der Waals surface area contributed by atoms with Crippen molar-refractivity contribution in [3.8, 4) is 0 Å². The second kappa shape index (κ2) is 3.38. The summed E-state index contributed by atoms with van der Waals surface area (Å²) in [5, 5.41) is 0. The van der Waals surface area contributed by atoms with Crippen molar-refractivity contribution >= 4 is 22.6 Å². The van der Waals surface area contributed by atoms with Crippen molar-refractivity contribution in [2.45, 2.75) is 17.8 Å². The van der Waals surface area contributed by atoms with E-state index in [9.17, 15) is 4.79 Å². The van der Waals surface area contributed by atoms with E-state index < -0.39 is 0 Å². The number of alkyl halides is 1. The third kappa shape index (κ3) is 2.32. The van der Waals surface area contributed by atoms with Crippen LogP contribution in [-0.4, -0.2) is 4.98 Å². The molecule has 1 unspecified atom stereocenters. The van der Waals surface area contributed by atoms with Gasteiger partial charge in [-0.3, -0.25) is 4.79 Å². The van der Waals surface area contributed by atoms with Crippen LogP contribution in [-0.2, 0) is 0 Å². The maximum Gasteiger partial charge on any atom is 0.248 e. The molecule has 3 heteroatoms. The number of rotatable bonds is 1. The molecular weight excluding hydrogens is 253 g/mol. The highest BCUT2D eigenvalue weighted by molar-refractivity contribution is 14.1. The maximum absolute atomic E-state index is 11.0. The molecule has 0 bridgehead atoms. The molecular formula is C8H10INO. The average Bonchev–Trinajstić information content (AvgIpc) is 1.85. The number of hydrogen-bond acceptors (Lipinski definition) is 1. The Hall–Kier alpha value is -0.320. The monoisotopic (exact) mass is 263 g/mol. The third-order valence-electron chi connectivity index (χ3n) is 1.44. The maximum atomic E-state index is 11.0. The standard InChI is InChI=1S/C8H10INO/c1-5-3-7(6(2)9)10-8(11)4-5/h3-4,6H,1-2H3,(H,10,11). The van der Waals surface area contributed by atoms with E-state index in [1.54, 1.807) is 6.07 Å². The molecule has 2 nitrogen and oxygen atoms in total. The first kappa shape index (κ1) is 8.77. The highest BCUT2D eigenvalue weighted by Crippen LogP contribution is 2.18. The summed E-state index contributed by atoms with van der Waals surface area (Å²) in [5.74, 6) is 0. The van der Waals surface area contributed by atoms with E-state index in [1.807, 2.05) is 19.9 Å². The van der Waals surface area contributed by atoms with Gasteiger partial charge in [-0.1, -0.05) is 22.6 Å². The molecule has 0 radical (unpaired) electrons. The van der Waals surface area contributed by atoms with Gasteiger partial charge in [-0.15, -0.1) is 0 Å². The highest BCUT2D eigenvalue weighted by atomic mass is 127. The normalized spacial score (nSPS) is 13.0. The van der Waals surface area contributed by atoms with Crippen LogP contribution in [0.5, 0.6) is 0 Å². The molecule has 0 spiro atoms. The quantitative estimate of drug-likeness (QED) is 0.611. The topological polar surface area (TPSA) is 32.9 Å². The summed E-state index contributed by atoms with van der Waals surface area (Å²) in [6.07, 6.45) is 0. The van der Waals surface area contributed by atoms with Gasteiger partial charge in [0, 0.05) is 15.7 Å². The van der Waals surface area contributed by atoms with E-state index in [2.05, 4.69) is 27.6 Å². The van der Waals surface area contributed by atoms with Crippen molar-refractivity contribution < 1.29 is 0 Å². The lowest BCUT2D eigenvalue weighted by Crippen LogP contribution is -2.08. The fourth-order valence-electron chi connectivity index (χ4n) is 0.922. The van der Waals surface area contributed by atoms with Gasteiger partial charge in [0.2, 0.25) is 5.56 Å². The van der Waals surface area contributed by atoms with Gasteiger partial charge in [-0.05, 0) is 25.5 Å². The zero-order chi connectivity index (χ0) is 8.43. The molecule has 0 saturated carbocycles. The van der Waals surface area contributed by atoms with E-state index in [0.717, 1.165) is 11.3 Å². The van der Waals surface area contributed by atoms with E-state index in [0.29, 0.717) is 3.92 Å². The minimum atomic E-state index is -0.0106. The Morgan fingerprint density at radius 2 is 2.18 bits per heavy atom. The number of hydrogen-bond donors (Lipinski definition) is 1. The number of pyridine rings is 1. The van der Waals surface area contributed by atoms with Crippen molar-refractivity contribution in [1.82, 2.24) is 4.98 Å². The first-order valence-corrected chi connectivity index (χ1v) is 4.69. The molecule has 60 valence electrons. The van der Waals surface area contributed by atoms with Crippen LogP contribution in [0, 0.1) is 6.92 Å². The van der Waals surface area contributed by atoms with E-state index in [-0.39, 0.29) is 5.56 Å². The van der Waals surface area contributed by atoms with Crippen LogP contribution in [0.15, 0.2) is 16.9 Å². The predicted octanol–water partition coefficient (Wildman–Crippen LogP) is 2.18. The molecule has 1 heterocycles. The Balaban J connectivity index is 3.19. The fourth-order valence-corrected chi connectivity index (χ4v) is 1.26. The summed E-state index contributed by atoms with van der Waals surface area (Å²) in [5.41, 5.74) is 2.01. The van der Waals surface area contributed by atoms with Crippen LogP contribution in [0.2, 0.25) is 0 Å². The second-order valence-corrected chi connectivity index (χ2v) is 4.46. The van der Waals surface area contributed by atoms with Crippen LogP contribution in [0.3, 0.4) is 0 Å². The van der Waals surface area contributed by atoms with Crippen molar-refractivity contribution in [3.63, 3.8) is 0 Å². The van der Waals surface area contributed by atoms with Crippen LogP contribution < -0.4 is 5.56 Å². The number of aromatic amines is 1. The van der Waals surface area contributed by atoms with Gasteiger partial charge in [-0.2, -0.15) is 0 Å². The lowest BCUT2D eigenvalue weighted by Gasteiger charge is -2.02. The number of nitrogens with one attached hydrogen (secondary N) is 1. The van der Waals surface area contributed by atoms with Crippen molar-refractivity contribution in [1.29, 1.82) is 0 Å². The van der Waals surface area contributed by atoms with Crippen molar-refractivity contribution in [2.24, 2.45) is 0 Å². The molecule has 0 saturated heterocycles. The molecule has 0 amide bonds. The van der Waals surface area contributed by atoms with Crippen LogP contribution >= 0.6 is 22.6 Å². The Morgan fingerprint density at radius 3 is 2.64 bits per heavy atom. The summed E-state index contributed by atoms with van der Waals surface area (Å²) in [6.45, 7) is 3.98. The van der Waals surface area contributed by atoms with Gasteiger partial charge in [0.05, 0.1) is 0 Å². The zero-order valence-electron chi connectivity index (χ0n) is 6.52. The van der Waals surface area contributed by atoms with Crippen LogP contribution in [0.4, 0.5) is 0 Å². The minimum Gasteiger partial charge on any atom is -0.325 e. The molecule has 0 aromatic carbocycles. The summed E-state index contributed by atoms with van der Waals surface area (Å²) in [6, 6.07) is 3.60. The Kier molecular flexibility index (Phi) is 2.70. The molecule has 0 fully saturated rings. The number of aromatic nitrogens is 1. The summed E-state index contributed by atoms with van der Waals surface area (Å²) in [7, 11) is 0. The smallest absolute Gasteiger partial charge is 0.248 e. The van der Waals surface area contributed by atoms with Gasteiger partial charge < -0.3 is 4.98 Å². The highest BCUT2D eigenvalue weighted by Gasteiger charge is 2.01. The van der Waals surface area contributed by atoms with Crippen LogP contribution in [0.25, 0.3) is 0 Å². The fraction of sp³-hybridized carbons (Fsp3) is 0.375. The minimum absolute atomic E-state index is 0.0106. The van der Waals surface area contributed by atoms with Gasteiger partial charge in [-0.25, -0.2) is 0 Å². The van der Waals surface area contributed by atoms with Gasteiger partial charge in [0.15, 0.2) is 0 Å². The molecule has 1 N–H and O–H groups in total. The lowest BCUT2D eigenvalue weighted by molar-refractivity contribution is 1.01. The summed E-state index contributed by atoms with van der Waals surface area (Å²) >= 11 is 2.27. The number of halogens is 1. The predicted molar refractivity (Wildman–Crippen MR) is 54.2 cm³/mol. The Morgan fingerprint density at radius 1 is 1.55 bits per heavy atom. The van der Waals surface area contributed by atoms with Crippen molar-refractivity contribution in [2.75, 3.05) is 0 Å². The summed E-state index contributed by atoms with van der Waals surface area (Å²) in [4.78, 5) is 13.7. The third-order valence-corrected chi connectivity index (χ3v) is 2.11. The lowest BCUT2D eigenvalue weighted by atomic mass is 10.2. The van der Waals surface area contributed by atoms with E-state index >= 15 is 0 Å². The second-order valence-electron chi connectivity index (χ2n) is 2.59. The molecule has 0 aliphatic rings. The van der Waals surface area contributed by atoms with Gasteiger partial charge in [0.1, 0.15) is 0 Å². The molecule has 1 atom stereocenters. The first-order valence-electron chi connectivity index (χ1n) is 3.44. The van der Waals surface area contributed by atoms with Gasteiger partial charge >= 0.3 is 0 Å². The van der Waals surface area contributed by atoms with E-state index in [4.69, 9.17) is 0 Å². The zero-order valence-corrected chi connectivity index (χ0v) is 8.68. The van der Waals surface area contributed by atoms with Gasteiger partial charge in [0.25, 0.3) is 0 Å². The average molecular weight is 263 g/mol. The number of aryl methyl sites for hydroxylation is 1. The first-order chi connectivity index (χ1) is 5.09. The Labute approximate surface area is 79.2 Å². The molecule has 1 aromatic rings. The number of H-pyrrole nitrogens is 1. The molecule has 0 aliphatic carbocycles.